The number of halogens is 1. The number of thioether (sulfide) groups is 1. The van der Waals surface area contributed by atoms with Gasteiger partial charge >= 0.3 is 0 Å². The van der Waals surface area contributed by atoms with Gasteiger partial charge in [-0.1, -0.05) is 0 Å². The summed E-state index contributed by atoms with van der Waals surface area (Å²) in [6.45, 7) is 0. The van der Waals surface area contributed by atoms with E-state index in [1.807, 2.05) is 11.8 Å². The first-order valence-electron chi connectivity index (χ1n) is 5.45. The van der Waals surface area contributed by atoms with Gasteiger partial charge in [-0.05, 0) is 24.7 Å². The third-order valence-corrected chi connectivity index (χ3v) is 3.89. The first-order valence-corrected chi connectivity index (χ1v) is 6.60. The van der Waals surface area contributed by atoms with Crippen molar-refractivity contribution < 1.29 is 9.31 Å². The predicted molar refractivity (Wildman–Crippen MR) is 67.0 cm³/mol. The summed E-state index contributed by atoms with van der Waals surface area (Å²) in [7, 11) is 0. The minimum Gasteiger partial charge on any atom is -0.376 e. The van der Waals surface area contributed by atoms with Gasteiger partial charge in [0.25, 0.3) is 5.69 Å². The zero-order valence-electron chi connectivity index (χ0n) is 9.19. The Bertz CT molecular complexity index is 422. The lowest BCUT2D eigenvalue weighted by atomic mass is 10.1. The fourth-order valence-corrected chi connectivity index (χ4v) is 2.93. The van der Waals surface area contributed by atoms with E-state index in [4.69, 9.17) is 0 Å². The van der Waals surface area contributed by atoms with Crippen LogP contribution in [0, 0.1) is 15.9 Å². The second-order valence-electron chi connectivity index (χ2n) is 3.98. The lowest BCUT2D eigenvalue weighted by Gasteiger charge is -2.23. The van der Waals surface area contributed by atoms with Crippen molar-refractivity contribution in [3.05, 3.63) is 34.1 Å². The third kappa shape index (κ3) is 3.09. The molecule has 6 heteroatoms. The highest BCUT2D eigenvalue weighted by Crippen LogP contribution is 2.28. The summed E-state index contributed by atoms with van der Waals surface area (Å²) in [5.41, 5.74) is 0.212. The smallest absolute Gasteiger partial charge is 0.292 e. The minimum absolute atomic E-state index is 0.0676. The van der Waals surface area contributed by atoms with Crippen LogP contribution in [0.1, 0.15) is 12.8 Å². The van der Waals surface area contributed by atoms with Crippen molar-refractivity contribution >= 4 is 23.1 Å². The summed E-state index contributed by atoms with van der Waals surface area (Å²) in [6, 6.07) is 3.69. The SMILES string of the molecule is O=[N+]([O-])c1ccc(F)cc1NC1CCCSC1. The molecule has 1 saturated heterocycles. The number of nitrogens with one attached hydrogen (secondary N) is 1. The Hall–Kier alpha value is -1.30. The van der Waals surface area contributed by atoms with Crippen molar-refractivity contribution in [2.75, 3.05) is 16.8 Å². The fraction of sp³-hybridized carbons (Fsp3) is 0.455. The summed E-state index contributed by atoms with van der Waals surface area (Å²) in [6.07, 6.45) is 2.06. The van der Waals surface area contributed by atoms with Gasteiger partial charge in [0, 0.05) is 23.9 Å². The average molecular weight is 256 g/mol. The van der Waals surface area contributed by atoms with Gasteiger partial charge in [-0.2, -0.15) is 11.8 Å². The van der Waals surface area contributed by atoms with Gasteiger partial charge in [-0.15, -0.1) is 0 Å². The average Bonchev–Trinajstić information content (AvgIpc) is 2.30. The maximum Gasteiger partial charge on any atom is 0.292 e. The lowest BCUT2D eigenvalue weighted by Crippen LogP contribution is -2.26. The fourth-order valence-electron chi connectivity index (χ4n) is 1.86. The molecule has 2 rings (SSSR count). The van der Waals surface area contributed by atoms with E-state index in [0.29, 0.717) is 0 Å². The first kappa shape index (κ1) is 12.2. The van der Waals surface area contributed by atoms with Crippen LogP contribution in [0.25, 0.3) is 0 Å². The molecular weight excluding hydrogens is 243 g/mol. The Labute approximate surface area is 103 Å². The summed E-state index contributed by atoms with van der Waals surface area (Å²) in [5, 5.41) is 13.9. The molecule has 4 nitrogen and oxygen atoms in total. The van der Waals surface area contributed by atoms with Crippen LogP contribution in [0.15, 0.2) is 18.2 Å². The van der Waals surface area contributed by atoms with E-state index in [0.717, 1.165) is 30.4 Å². The molecule has 1 aliphatic heterocycles. The number of benzene rings is 1. The highest BCUT2D eigenvalue weighted by molar-refractivity contribution is 7.99. The molecule has 1 fully saturated rings. The van der Waals surface area contributed by atoms with Gasteiger partial charge in [-0.3, -0.25) is 10.1 Å². The van der Waals surface area contributed by atoms with Crippen molar-refractivity contribution in [1.82, 2.24) is 0 Å². The monoisotopic (exact) mass is 256 g/mol. The van der Waals surface area contributed by atoms with Crippen LogP contribution in [0.2, 0.25) is 0 Å². The van der Waals surface area contributed by atoms with Crippen molar-refractivity contribution in [3.63, 3.8) is 0 Å². The zero-order chi connectivity index (χ0) is 12.3. The summed E-state index contributed by atoms with van der Waals surface area (Å²) in [4.78, 5) is 10.3. The van der Waals surface area contributed by atoms with Crippen LogP contribution in [-0.2, 0) is 0 Å². The normalized spacial score (nSPS) is 19.9. The van der Waals surface area contributed by atoms with Crippen molar-refractivity contribution in [1.29, 1.82) is 0 Å². The molecule has 0 amide bonds. The van der Waals surface area contributed by atoms with Gasteiger partial charge in [0.2, 0.25) is 0 Å². The van der Waals surface area contributed by atoms with E-state index in [1.54, 1.807) is 0 Å². The second kappa shape index (κ2) is 5.35. The molecular formula is C11H13FN2O2S. The Morgan fingerprint density at radius 1 is 1.53 bits per heavy atom. The van der Waals surface area contributed by atoms with Gasteiger partial charge in [0.15, 0.2) is 0 Å². The van der Waals surface area contributed by atoms with Crippen LogP contribution in [0.3, 0.4) is 0 Å². The largest absolute Gasteiger partial charge is 0.376 e. The molecule has 1 atom stereocenters. The predicted octanol–water partition coefficient (Wildman–Crippen LogP) is 3.04. The van der Waals surface area contributed by atoms with Gasteiger partial charge in [0.1, 0.15) is 11.5 Å². The van der Waals surface area contributed by atoms with Gasteiger partial charge < -0.3 is 5.32 Å². The summed E-state index contributed by atoms with van der Waals surface area (Å²) < 4.78 is 13.1. The van der Waals surface area contributed by atoms with E-state index >= 15 is 0 Å². The molecule has 0 aromatic heterocycles. The number of rotatable bonds is 3. The van der Waals surface area contributed by atoms with Gasteiger partial charge in [0.05, 0.1) is 4.92 Å². The van der Waals surface area contributed by atoms with Crippen LogP contribution in [0.4, 0.5) is 15.8 Å². The molecule has 92 valence electrons. The second-order valence-corrected chi connectivity index (χ2v) is 5.13. The molecule has 1 N–H and O–H groups in total. The van der Waals surface area contributed by atoms with Crippen molar-refractivity contribution in [2.24, 2.45) is 0 Å². The quantitative estimate of drug-likeness (QED) is 0.667. The van der Waals surface area contributed by atoms with Crippen LogP contribution >= 0.6 is 11.8 Å². The van der Waals surface area contributed by atoms with E-state index in [1.165, 1.54) is 12.1 Å². The first-order chi connectivity index (χ1) is 8.16. The molecule has 17 heavy (non-hydrogen) atoms. The molecule has 0 aliphatic carbocycles. The standard InChI is InChI=1S/C11H13FN2O2S/c12-8-3-4-11(14(15)16)10(6-8)13-9-2-1-5-17-7-9/h3-4,6,9,13H,1-2,5,7H2. The molecule has 0 bridgehead atoms. The minimum atomic E-state index is -0.488. The highest BCUT2D eigenvalue weighted by atomic mass is 32.2. The Balaban J connectivity index is 2.17. The van der Waals surface area contributed by atoms with E-state index in [2.05, 4.69) is 5.32 Å². The number of anilines is 1. The van der Waals surface area contributed by atoms with Crippen LogP contribution < -0.4 is 5.32 Å². The maximum absolute atomic E-state index is 13.1. The molecule has 0 radical (unpaired) electrons. The van der Waals surface area contributed by atoms with Crippen LogP contribution in [-0.4, -0.2) is 22.5 Å². The Morgan fingerprint density at radius 3 is 3.00 bits per heavy atom. The molecule has 1 heterocycles. The molecule has 1 unspecified atom stereocenters. The van der Waals surface area contributed by atoms with Crippen molar-refractivity contribution in [2.45, 2.75) is 18.9 Å². The van der Waals surface area contributed by atoms with E-state index in [9.17, 15) is 14.5 Å². The number of nitro groups is 1. The number of nitro benzene ring substituents is 1. The molecule has 1 aliphatic rings. The Morgan fingerprint density at radius 2 is 2.35 bits per heavy atom. The third-order valence-electron chi connectivity index (χ3n) is 2.68. The number of hydrogen-bond acceptors (Lipinski definition) is 4. The topological polar surface area (TPSA) is 55.2 Å². The lowest BCUT2D eigenvalue weighted by molar-refractivity contribution is -0.384. The molecule has 1 aromatic rings. The number of nitrogens with zero attached hydrogens (tertiary/aromatic N) is 1. The molecule has 0 saturated carbocycles. The molecule has 1 aromatic carbocycles. The van der Waals surface area contributed by atoms with Crippen LogP contribution in [0.5, 0.6) is 0 Å². The maximum atomic E-state index is 13.1. The van der Waals surface area contributed by atoms with E-state index < -0.39 is 10.7 Å². The zero-order valence-corrected chi connectivity index (χ0v) is 10.0. The number of hydrogen-bond donors (Lipinski definition) is 1. The van der Waals surface area contributed by atoms with Crippen molar-refractivity contribution in [3.8, 4) is 0 Å². The Kier molecular flexibility index (Phi) is 3.83. The molecule has 0 spiro atoms. The van der Waals surface area contributed by atoms with Gasteiger partial charge in [-0.25, -0.2) is 4.39 Å². The summed E-state index contributed by atoms with van der Waals surface area (Å²) in [5.74, 6) is 1.58. The van der Waals surface area contributed by atoms with E-state index in [-0.39, 0.29) is 17.4 Å². The highest BCUT2D eigenvalue weighted by Gasteiger charge is 2.19. The summed E-state index contributed by atoms with van der Waals surface area (Å²) >= 11 is 1.81.